The van der Waals surface area contributed by atoms with Crippen molar-refractivity contribution in [3.05, 3.63) is 18.0 Å². The van der Waals surface area contributed by atoms with Crippen LogP contribution >= 0.6 is 0 Å². The Kier molecular flexibility index (Phi) is 4.03. The molecule has 0 aliphatic heterocycles. The van der Waals surface area contributed by atoms with Crippen LogP contribution in [0.5, 0.6) is 0 Å². The molecular weight excluding hydrogens is 194 g/mol. The third-order valence-corrected chi connectivity index (χ3v) is 2.07. The van der Waals surface area contributed by atoms with Crippen LogP contribution < -0.4 is 4.90 Å². The summed E-state index contributed by atoms with van der Waals surface area (Å²) in [7, 11) is 1.89. The number of hydrogen-bond donors (Lipinski definition) is 1. The first-order valence-electron chi connectivity index (χ1n) is 4.91. The Morgan fingerprint density at radius 3 is 2.53 bits per heavy atom. The number of rotatable bonds is 5. The van der Waals surface area contributed by atoms with Crippen molar-refractivity contribution in [2.24, 2.45) is 0 Å². The SMILES string of the molecule is CCCCN(C)c1ncc(C(=O)O)cn1. The second kappa shape index (κ2) is 5.29. The summed E-state index contributed by atoms with van der Waals surface area (Å²) in [6, 6.07) is 0. The predicted molar refractivity (Wildman–Crippen MR) is 57.2 cm³/mol. The Balaban J connectivity index is 2.66. The van der Waals surface area contributed by atoms with Gasteiger partial charge in [-0.15, -0.1) is 0 Å². The van der Waals surface area contributed by atoms with Gasteiger partial charge in [0.2, 0.25) is 5.95 Å². The molecular formula is C10H15N3O2. The lowest BCUT2D eigenvalue weighted by Crippen LogP contribution is -2.21. The van der Waals surface area contributed by atoms with Crippen LogP contribution in [0, 0.1) is 0 Å². The highest BCUT2D eigenvalue weighted by Gasteiger charge is 2.06. The first-order valence-corrected chi connectivity index (χ1v) is 4.91. The fourth-order valence-corrected chi connectivity index (χ4v) is 1.12. The van der Waals surface area contributed by atoms with Crippen LogP contribution in [0.15, 0.2) is 12.4 Å². The molecule has 0 saturated heterocycles. The molecule has 1 aromatic rings. The van der Waals surface area contributed by atoms with Crippen LogP contribution in [-0.4, -0.2) is 34.6 Å². The summed E-state index contributed by atoms with van der Waals surface area (Å²) in [4.78, 5) is 20.4. The van der Waals surface area contributed by atoms with Crippen molar-refractivity contribution in [2.75, 3.05) is 18.5 Å². The highest BCUT2D eigenvalue weighted by molar-refractivity contribution is 5.86. The minimum atomic E-state index is -1.00. The van der Waals surface area contributed by atoms with Gasteiger partial charge in [-0.05, 0) is 6.42 Å². The quantitative estimate of drug-likeness (QED) is 0.794. The van der Waals surface area contributed by atoms with Gasteiger partial charge in [-0.25, -0.2) is 14.8 Å². The summed E-state index contributed by atoms with van der Waals surface area (Å²) in [5, 5.41) is 8.66. The fraction of sp³-hybridized carbons (Fsp3) is 0.500. The van der Waals surface area contributed by atoms with Crippen molar-refractivity contribution >= 4 is 11.9 Å². The second-order valence-corrected chi connectivity index (χ2v) is 3.35. The third kappa shape index (κ3) is 3.19. The van der Waals surface area contributed by atoms with Crippen LogP contribution in [0.4, 0.5) is 5.95 Å². The molecule has 0 bridgehead atoms. The number of carboxylic acid groups (broad SMARTS) is 1. The monoisotopic (exact) mass is 209 g/mol. The molecule has 0 amide bonds. The summed E-state index contributed by atoms with van der Waals surface area (Å²) in [5.74, 6) is -0.439. The molecule has 0 spiro atoms. The van der Waals surface area contributed by atoms with Gasteiger partial charge < -0.3 is 10.0 Å². The fourth-order valence-electron chi connectivity index (χ4n) is 1.12. The van der Waals surface area contributed by atoms with E-state index in [1.165, 1.54) is 12.4 Å². The Morgan fingerprint density at radius 2 is 2.07 bits per heavy atom. The Labute approximate surface area is 88.8 Å². The van der Waals surface area contributed by atoms with E-state index in [0.717, 1.165) is 19.4 Å². The van der Waals surface area contributed by atoms with Gasteiger partial charge in [-0.2, -0.15) is 0 Å². The maximum atomic E-state index is 10.6. The van der Waals surface area contributed by atoms with Crippen LogP contribution in [0.25, 0.3) is 0 Å². The van der Waals surface area contributed by atoms with Gasteiger partial charge in [0.05, 0.1) is 5.56 Å². The van der Waals surface area contributed by atoms with Crippen LogP contribution in [-0.2, 0) is 0 Å². The summed E-state index contributed by atoms with van der Waals surface area (Å²) < 4.78 is 0. The standard InChI is InChI=1S/C10H15N3O2/c1-3-4-5-13(2)10-11-6-8(7-12-10)9(14)15/h6-7H,3-5H2,1-2H3,(H,14,15). The van der Waals surface area contributed by atoms with E-state index < -0.39 is 5.97 Å². The Hall–Kier alpha value is -1.65. The largest absolute Gasteiger partial charge is 0.478 e. The molecule has 0 saturated carbocycles. The minimum Gasteiger partial charge on any atom is -0.478 e. The number of carboxylic acids is 1. The summed E-state index contributed by atoms with van der Waals surface area (Å²) in [5.41, 5.74) is 0.114. The molecule has 5 nitrogen and oxygen atoms in total. The first-order chi connectivity index (χ1) is 7.15. The number of nitrogens with zero attached hydrogens (tertiary/aromatic N) is 3. The number of aromatic nitrogens is 2. The van der Waals surface area contributed by atoms with Crippen molar-refractivity contribution in [3.8, 4) is 0 Å². The third-order valence-electron chi connectivity index (χ3n) is 2.07. The average Bonchev–Trinajstić information content (AvgIpc) is 2.26. The van der Waals surface area contributed by atoms with Crippen LogP contribution in [0.2, 0.25) is 0 Å². The van der Waals surface area contributed by atoms with E-state index in [2.05, 4.69) is 16.9 Å². The maximum absolute atomic E-state index is 10.6. The predicted octanol–water partition coefficient (Wildman–Crippen LogP) is 1.41. The lowest BCUT2D eigenvalue weighted by Gasteiger charge is -2.15. The molecule has 0 aliphatic rings. The molecule has 0 radical (unpaired) electrons. The van der Waals surface area contributed by atoms with E-state index in [9.17, 15) is 4.79 Å². The molecule has 0 atom stereocenters. The lowest BCUT2D eigenvalue weighted by atomic mass is 10.3. The Bertz CT molecular complexity index is 324. The molecule has 1 N–H and O–H groups in total. The number of aromatic carboxylic acids is 1. The second-order valence-electron chi connectivity index (χ2n) is 3.35. The minimum absolute atomic E-state index is 0.114. The van der Waals surface area contributed by atoms with Gasteiger partial charge in [0.1, 0.15) is 0 Å². The summed E-state index contributed by atoms with van der Waals surface area (Å²) in [6.07, 6.45) is 4.83. The summed E-state index contributed by atoms with van der Waals surface area (Å²) in [6.45, 7) is 2.99. The molecule has 82 valence electrons. The topological polar surface area (TPSA) is 66.3 Å². The highest BCUT2D eigenvalue weighted by atomic mass is 16.4. The molecule has 1 heterocycles. The van der Waals surface area contributed by atoms with Gasteiger partial charge in [0, 0.05) is 26.0 Å². The molecule has 15 heavy (non-hydrogen) atoms. The van der Waals surface area contributed by atoms with E-state index in [-0.39, 0.29) is 5.56 Å². The number of anilines is 1. The molecule has 1 rings (SSSR count). The van der Waals surface area contributed by atoms with Crippen molar-refractivity contribution in [2.45, 2.75) is 19.8 Å². The maximum Gasteiger partial charge on any atom is 0.338 e. The zero-order valence-corrected chi connectivity index (χ0v) is 8.97. The van der Waals surface area contributed by atoms with Crippen LogP contribution in [0.3, 0.4) is 0 Å². The van der Waals surface area contributed by atoms with E-state index in [1.54, 1.807) is 0 Å². The van der Waals surface area contributed by atoms with Gasteiger partial charge >= 0.3 is 5.97 Å². The normalized spacial score (nSPS) is 10.0. The summed E-state index contributed by atoms with van der Waals surface area (Å²) >= 11 is 0. The molecule has 0 unspecified atom stereocenters. The van der Waals surface area contributed by atoms with Crippen molar-refractivity contribution in [1.29, 1.82) is 0 Å². The van der Waals surface area contributed by atoms with Gasteiger partial charge in [-0.3, -0.25) is 0 Å². The van der Waals surface area contributed by atoms with E-state index in [1.807, 2.05) is 11.9 Å². The average molecular weight is 209 g/mol. The van der Waals surface area contributed by atoms with E-state index in [4.69, 9.17) is 5.11 Å². The van der Waals surface area contributed by atoms with Crippen molar-refractivity contribution < 1.29 is 9.90 Å². The number of hydrogen-bond acceptors (Lipinski definition) is 4. The smallest absolute Gasteiger partial charge is 0.338 e. The highest BCUT2D eigenvalue weighted by Crippen LogP contribution is 2.06. The number of unbranched alkanes of at least 4 members (excludes halogenated alkanes) is 1. The van der Waals surface area contributed by atoms with E-state index in [0.29, 0.717) is 5.95 Å². The molecule has 1 aromatic heterocycles. The molecule has 0 aliphatic carbocycles. The van der Waals surface area contributed by atoms with Crippen LogP contribution in [0.1, 0.15) is 30.1 Å². The van der Waals surface area contributed by atoms with Crippen molar-refractivity contribution in [1.82, 2.24) is 9.97 Å². The first kappa shape index (κ1) is 11.4. The van der Waals surface area contributed by atoms with Gasteiger partial charge in [0.25, 0.3) is 0 Å². The molecule has 0 fully saturated rings. The van der Waals surface area contributed by atoms with Crippen molar-refractivity contribution in [3.63, 3.8) is 0 Å². The Morgan fingerprint density at radius 1 is 1.47 bits per heavy atom. The van der Waals surface area contributed by atoms with E-state index >= 15 is 0 Å². The zero-order chi connectivity index (χ0) is 11.3. The van der Waals surface area contributed by atoms with Gasteiger partial charge in [-0.1, -0.05) is 13.3 Å². The molecule has 0 aromatic carbocycles. The van der Waals surface area contributed by atoms with Gasteiger partial charge in [0.15, 0.2) is 0 Å². The molecule has 5 heteroatoms. The number of carbonyl (C=O) groups is 1. The lowest BCUT2D eigenvalue weighted by molar-refractivity contribution is 0.0696. The zero-order valence-electron chi connectivity index (χ0n) is 8.97.